The Morgan fingerprint density at radius 1 is 1.29 bits per heavy atom. The molecule has 0 saturated carbocycles. The summed E-state index contributed by atoms with van der Waals surface area (Å²) in [5.74, 6) is 0. The van der Waals surface area contributed by atoms with E-state index in [0.29, 0.717) is 6.54 Å². The van der Waals surface area contributed by atoms with Crippen molar-refractivity contribution in [1.29, 1.82) is 0 Å². The van der Waals surface area contributed by atoms with Gasteiger partial charge < -0.3 is 5.73 Å². The van der Waals surface area contributed by atoms with Gasteiger partial charge in [-0.1, -0.05) is 12.1 Å². The Kier molecular flexibility index (Phi) is 3.04. The maximum Gasteiger partial charge on any atom is 0.328 e. The van der Waals surface area contributed by atoms with E-state index >= 15 is 0 Å². The number of aromatic nitrogens is 2. The highest BCUT2D eigenvalue weighted by molar-refractivity contribution is 5.40. The van der Waals surface area contributed by atoms with Gasteiger partial charge in [-0.05, 0) is 31.5 Å². The molecule has 2 aromatic rings. The van der Waals surface area contributed by atoms with Crippen molar-refractivity contribution in [3.8, 4) is 0 Å². The minimum atomic E-state index is 0.0161. The normalized spacial score (nSPS) is 11.0. The highest BCUT2D eigenvalue weighted by Crippen LogP contribution is 2.08. The first-order chi connectivity index (χ1) is 8.08. The first-order valence-corrected chi connectivity index (χ1v) is 5.69. The number of anilines is 1. The zero-order chi connectivity index (χ0) is 12.4. The maximum atomic E-state index is 12.0. The third kappa shape index (κ3) is 2.41. The lowest BCUT2D eigenvalue weighted by molar-refractivity contribution is 0.561. The molecule has 0 radical (unpaired) electrons. The topological polar surface area (TPSA) is 52.9 Å². The summed E-state index contributed by atoms with van der Waals surface area (Å²) in [6, 6.07) is 7.78. The Balaban J connectivity index is 2.28. The zero-order valence-corrected chi connectivity index (χ0v) is 10.1. The number of rotatable bonds is 3. The van der Waals surface area contributed by atoms with E-state index in [1.165, 1.54) is 0 Å². The van der Waals surface area contributed by atoms with Crippen molar-refractivity contribution in [2.24, 2.45) is 0 Å². The minimum absolute atomic E-state index is 0.0161. The molecule has 1 aromatic carbocycles. The minimum Gasteiger partial charge on any atom is -0.399 e. The number of benzene rings is 1. The predicted molar refractivity (Wildman–Crippen MR) is 69.0 cm³/mol. The van der Waals surface area contributed by atoms with Crippen LogP contribution >= 0.6 is 0 Å². The van der Waals surface area contributed by atoms with Crippen molar-refractivity contribution in [3.05, 3.63) is 52.7 Å². The quantitative estimate of drug-likeness (QED) is 0.820. The molecule has 0 aliphatic carbocycles. The molecule has 1 aromatic heterocycles. The Morgan fingerprint density at radius 3 is 2.65 bits per heavy atom. The average Bonchev–Trinajstić information content (AvgIpc) is 2.61. The Morgan fingerprint density at radius 2 is 2.06 bits per heavy atom. The van der Waals surface area contributed by atoms with E-state index < -0.39 is 0 Å². The Labute approximate surface area is 100 Å². The number of imidazole rings is 1. The summed E-state index contributed by atoms with van der Waals surface area (Å²) >= 11 is 0. The number of nitrogens with zero attached hydrogens (tertiary/aromatic N) is 2. The second-order valence-corrected chi connectivity index (χ2v) is 4.45. The van der Waals surface area contributed by atoms with E-state index in [1.807, 2.05) is 50.5 Å². The first kappa shape index (κ1) is 11.5. The number of hydrogen-bond donors (Lipinski definition) is 1. The molecule has 2 N–H and O–H groups in total. The van der Waals surface area contributed by atoms with Gasteiger partial charge in [0.25, 0.3) is 0 Å². The summed E-state index contributed by atoms with van der Waals surface area (Å²) in [5, 5.41) is 0. The van der Waals surface area contributed by atoms with Gasteiger partial charge in [0.2, 0.25) is 0 Å². The van der Waals surface area contributed by atoms with Gasteiger partial charge in [-0.25, -0.2) is 4.79 Å². The van der Waals surface area contributed by atoms with Crippen LogP contribution in [0.1, 0.15) is 25.5 Å². The van der Waals surface area contributed by atoms with Crippen LogP contribution in [0.5, 0.6) is 0 Å². The van der Waals surface area contributed by atoms with Crippen molar-refractivity contribution in [2.75, 3.05) is 5.73 Å². The fourth-order valence-corrected chi connectivity index (χ4v) is 1.83. The van der Waals surface area contributed by atoms with Crippen LogP contribution in [0.4, 0.5) is 5.69 Å². The van der Waals surface area contributed by atoms with Crippen molar-refractivity contribution in [3.63, 3.8) is 0 Å². The molecular weight excluding hydrogens is 214 g/mol. The summed E-state index contributed by atoms with van der Waals surface area (Å²) in [6.07, 6.45) is 3.63. The fourth-order valence-electron chi connectivity index (χ4n) is 1.83. The van der Waals surface area contributed by atoms with Crippen LogP contribution in [0.3, 0.4) is 0 Å². The Hall–Kier alpha value is -1.97. The zero-order valence-electron chi connectivity index (χ0n) is 10.1. The van der Waals surface area contributed by atoms with Gasteiger partial charge in [0.1, 0.15) is 0 Å². The molecule has 0 atom stereocenters. The molecule has 17 heavy (non-hydrogen) atoms. The summed E-state index contributed by atoms with van der Waals surface area (Å²) in [4.78, 5) is 12.0. The SMILES string of the molecule is CC(C)n1ccn(Cc2cccc(N)c2)c1=O. The third-order valence-electron chi connectivity index (χ3n) is 2.73. The van der Waals surface area contributed by atoms with E-state index in [2.05, 4.69) is 0 Å². The van der Waals surface area contributed by atoms with Crippen LogP contribution in [0.2, 0.25) is 0 Å². The van der Waals surface area contributed by atoms with E-state index in [4.69, 9.17) is 5.73 Å². The summed E-state index contributed by atoms with van der Waals surface area (Å²) < 4.78 is 3.40. The van der Waals surface area contributed by atoms with Gasteiger partial charge >= 0.3 is 5.69 Å². The van der Waals surface area contributed by atoms with Crippen LogP contribution in [-0.2, 0) is 6.54 Å². The summed E-state index contributed by atoms with van der Waals surface area (Å²) in [6.45, 7) is 4.54. The van der Waals surface area contributed by atoms with E-state index in [9.17, 15) is 4.79 Å². The van der Waals surface area contributed by atoms with Gasteiger partial charge in [-0.15, -0.1) is 0 Å². The largest absolute Gasteiger partial charge is 0.399 e. The predicted octanol–water partition coefficient (Wildman–Crippen LogP) is 1.86. The van der Waals surface area contributed by atoms with Crippen LogP contribution in [0.15, 0.2) is 41.5 Å². The van der Waals surface area contributed by atoms with Crippen molar-refractivity contribution < 1.29 is 0 Å². The Bertz CT molecular complexity index is 566. The lowest BCUT2D eigenvalue weighted by Crippen LogP contribution is -2.25. The van der Waals surface area contributed by atoms with Gasteiger partial charge in [-0.3, -0.25) is 9.13 Å². The maximum absolute atomic E-state index is 12.0. The van der Waals surface area contributed by atoms with Crippen molar-refractivity contribution in [1.82, 2.24) is 9.13 Å². The molecule has 0 bridgehead atoms. The number of hydrogen-bond acceptors (Lipinski definition) is 2. The molecule has 2 rings (SSSR count). The molecule has 0 saturated heterocycles. The first-order valence-electron chi connectivity index (χ1n) is 5.69. The molecule has 4 heteroatoms. The highest BCUT2D eigenvalue weighted by Gasteiger charge is 2.06. The van der Waals surface area contributed by atoms with Gasteiger partial charge in [0.15, 0.2) is 0 Å². The lowest BCUT2D eigenvalue weighted by atomic mass is 10.2. The van der Waals surface area contributed by atoms with Crippen LogP contribution in [-0.4, -0.2) is 9.13 Å². The standard InChI is InChI=1S/C13H17N3O/c1-10(2)16-7-6-15(13(16)17)9-11-4-3-5-12(14)8-11/h3-8,10H,9,14H2,1-2H3. The van der Waals surface area contributed by atoms with Crippen LogP contribution < -0.4 is 11.4 Å². The molecule has 4 nitrogen and oxygen atoms in total. The molecule has 0 aliphatic rings. The second kappa shape index (κ2) is 4.49. The molecule has 0 fully saturated rings. The molecule has 0 spiro atoms. The highest BCUT2D eigenvalue weighted by atomic mass is 16.1. The molecule has 0 unspecified atom stereocenters. The van der Waals surface area contributed by atoms with Crippen molar-refractivity contribution in [2.45, 2.75) is 26.4 Å². The summed E-state index contributed by atoms with van der Waals surface area (Å²) in [5.41, 5.74) is 7.48. The average molecular weight is 231 g/mol. The molecule has 90 valence electrons. The smallest absolute Gasteiger partial charge is 0.328 e. The lowest BCUT2D eigenvalue weighted by Gasteiger charge is -2.05. The molecule has 0 aliphatic heterocycles. The monoisotopic (exact) mass is 231 g/mol. The van der Waals surface area contributed by atoms with Crippen LogP contribution in [0.25, 0.3) is 0 Å². The van der Waals surface area contributed by atoms with E-state index in [0.717, 1.165) is 11.3 Å². The molecule has 1 heterocycles. The molecular formula is C13H17N3O. The summed E-state index contributed by atoms with van der Waals surface area (Å²) in [7, 11) is 0. The fraction of sp³-hybridized carbons (Fsp3) is 0.308. The second-order valence-electron chi connectivity index (χ2n) is 4.45. The van der Waals surface area contributed by atoms with Crippen molar-refractivity contribution >= 4 is 5.69 Å². The van der Waals surface area contributed by atoms with E-state index in [1.54, 1.807) is 9.13 Å². The third-order valence-corrected chi connectivity index (χ3v) is 2.73. The van der Waals surface area contributed by atoms with E-state index in [-0.39, 0.29) is 11.7 Å². The van der Waals surface area contributed by atoms with Crippen LogP contribution in [0, 0.1) is 0 Å². The number of nitrogens with two attached hydrogens (primary N) is 1. The molecule has 0 amide bonds. The van der Waals surface area contributed by atoms with Gasteiger partial charge in [-0.2, -0.15) is 0 Å². The van der Waals surface area contributed by atoms with Gasteiger partial charge in [0, 0.05) is 24.1 Å². The number of nitrogen functional groups attached to an aromatic ring is 1. The van der Waals surface area contributed by atoms with Gasteiger partial charge in [0.05, 0.1) is 6.54 Å².